The quantitative estimate of drug-likeness (QED) is 0.339. The van der Waals surface area contributed by atoms with E-state index in [-0.39, 0.29) is 23.0 Å². The van der Waals surface area contributed by atoms with Gasteiger partial charge in [0.25, 0.3) is 0 Å². The van der Waals surface area contributed by atoms with Crippen LogP contribution in [0.1, 0.15) is 11.1 Å². The first kappa shape index (κ1) is 16.1. The average Bonchev–Trinajstić information content (AvgIpc) is 2.55. The van der Waals surface area contributed by atoms with E-state index in [1.165, 1.54) is 30.4 Å². The molecule has 0 aliphatic rings. The van der Waals surface area contributed by atoms with Gasteiger partial charge in [0.2, 0.25) is 0 Å². The number of allylic oxidation sites excluding steroid dienone is 3. The second-order valence-electron chi connectivity index (χ2n) is 4.80. The molecule has 4 nitrogen and oxygen atoms in total. The van der Waals surface area contributed by atoms with Crippen molar-refractivity contribution < 1.29 is 20.1 Å². The fourth-order valence-corrected chi connectivity index (χ4v) is 1.81. The lowest BCUT2D eigenvalue weighted by Crippen LogP contribution is -1.88. The van der Waals surface area contributed by atoms with Crippen LogP contribution in [0.25, 0.3) is 12.2 Å². The molecule has 116 valence electrons. The summed E-state index contributed by atoms with van der Waals surface area (Å²) in [5.41, 5.74) is 1.47. The lowest BCUT2D eigenvalue weighted by Gasteiger charge is -1.98. The van der Waals surface area contributed by atoms with Crippen molar-refractivity contribution in [2.45, 2.75) is 0 Å². The molecule has 0 spiro atoms. The highest BCUT2D eigenvalue weighted by Crippen LogP contribution is 2.25. The van der Waals surface area contributed by atoms with E-state index in [1.807, 2.05) is 30.3 Å². The summed E-state index contributed by atoms with van der Waals surface area (Å²) in [5.74, 6) is -1.02. The normalized spacial score (nSPS) is 12.1. The van der Waals surface area contributed by atoms with Crippen molar-refractivity contribution in [3.8, 4) is 11.5 Å². The molecule has 0 bridgehead atoms. The molecule has 2 aromatic carbocycles. The van der Waals surface area contributed by atoms with E-state index in [9.17, 15) is 20.1 Å². The summed E-state index contributed by atoms with van der Waals surface area (Å²) >= 11 is 0. The van der Waals surface area contributed by atoms with Crippen LogP contribution in [0.15, 0.2) is 72.5 Å². The van der Waals surface area contributed by atoms with Gasteiger partial charge < -0.3 is 15.3 Å². The highest BCUT2D eigenvalue weighted by molar-refractivity contribution is 6.02. The van der Waals surface area contributed by atoms with Gasteiger partial charge >= 0.3 is 0 Å². The molecule has 0 aliphatic carbocycles. The van der Waals surface area contributed by atoms with Crippen molar-refractivity contribution in [1.29, 1.82) is 0 Å². The molecule has 0 fully saturated rings. The molecule has 2 rings (SSSR count). The van der Waals surface area contributed by atoms with Crippen LogP contribution in [0, 0.1) is 0 Å². The molecule has 23 heavy (non-hydrogen) atoms. The summed E-state index contributed by atoms with van der Waals surface area (Å²) < 4.78 is 0. The standard InChI is InChI=1S/C19H16O4/c20-16(9-6-14-4-2-1-3-5-14)13-17(21)10-7-15-8-11-18(22)19(23)12-15/h1-13,21-23H/b9-6+,10-7+,17-13?. The summed E-state index contributed by atoms with van der Waals surface area (Å²) in [6, 6.07) is 13.6. The molecule has 0 aromatic heterocycles. The van der Waals surface area contributed by atoms with E-state index in [1.54, 1.807) is 12.1 Å². The number of hydrogen-bond acceptors (Lipinski definition) is 4. The number of ketones is 1. The second-order valence-corrected chi connectivity index (χ2v) is 4.80. The summed E-state index contributed by atoms with van der Waals surface area (Å²) in [7, 11) is 0. The lowest BCUT2D eigenvalue weighted by molar-refractivity contribution is -0.110. The minimum absolute atomic E-state index is 0.208. The molecule has 0 aliphatic heterocycles. The molecule has 0 radical (unpaired) electrons. The zero-order valence-electron chi connectivity index (χ0n) is 12.3. The molecule has 0 amide bonds. The topological polar surface area (TPSA) is 77.8 Å². The lowest BCUT2D eigenvalue weighted by atomic mass is 10.1. The molecule has 0 heterocycles. The van der Waals surface area contributed by atoms with Crippen LogP contribution in [0.5, 0.6) is 11.5 Å². The fraction of sp³-hybridized carbons (Fsp3) is 0. The monoisotopic (exact) mass is 308 g/mol. The highest BCUT2D eigenvalue weighted by Gasteiger charge is 1.98. The van der Waals surface area contributed by atoms with Gasteiger partial charge in [-0.25, -0.2) is 0 Å². The number of phenols is 2. The maximum absolute atomic E-state index is 11.7. The maximum atomic E-state index is 11.7. The zero-order valence-corrected chi connectivity index (χ0v) is 12.3. The van der Waals surface area contributed by atoms with Crippen molar-refractivity contribution in [2.24, 2.45) is 0 Å². The SMILES string of the molecule is O=C(C=C(O)/C=C/c1ccc(O)c(O)c1)/C=C/c1ccccc1. The Labute approximate surface area is 134 Å². The van der Waals surface area contributed by atoms with Gasteiger partial charge in [-0.15, -0.1) is 0 Å². The van der Waals surface area contributed by atoms with Crippen LogP contribution < -0.4 is 0 Å². The van der Waals surface area contributed by atoms with E-state index < -0.39 is 0 Å². The third-order valence-corrected chi connectivity index (χ3v) is 2.98. The summed E-state index contributed by atoms with van der Waals surface area (Å²) in [4.78, 5) is 11.7. The van der Waals surface area contributed by atoms with E-state index in [2.05, 4.69) is 0 Å². The third-order valence-electron chi connectivity index (χ3n) is 2.98. The number of carbonyl (C=O) groups is 1. The van der Waals surface area contributed by atoms with Crippen LogP contribution in [0.2, 0.25) is 0 Å². The van der Waals surface area contributed by atoms with Gasteiger partial charge in [0.05, 0.1) is 0 Å². The largest absolute Gasteiger partial charge is 0.508 e. The van der Waals surface area contributed by atoms with Gasteiger partial charge in [0, 0.05) is 6.08 Å². The number of aliphatic hydroxyl groups excluding tert-OH is 1. The van der Waals surface area contributed by atoms with Crippen LogP contribution in [0.4, 0.5) is 0 Å². The Morgan fingerprint density at radius 1 is 0.826 bits per heavy atom. The van der Waals surface area contributed by atoms with E-state index in [0.717, 1.165) is 11.6 Å². The first-order chi connectivity index (χ1) is 11.0. The van der Waals surface area contributed by atoms with Gasteiger partial charge in [-0.2, -0.15) is 0 Å². The number of aliphatic hydroxyl groups is 1. The van der Waals surface area contributed by atoms with Crippen molar-refractivity contribution in [3.05, 3.63) is 83.6 Å². The van der Waals surface area contributed by atoms with Gasteiger partial charge in [0.15, 0.2) is 17.3 Å². The minimum Gasteiger partial charge on any atom is -0.508 e. The van der Waals surface area contributed by atoms with Crippen LogP contribution in [-0.4, -0.2) is 21.1 Å². The Morgan fingerprint density at radius 3 is 2.22 bits per heavy atom. The van der Waals surface area contributed by atoms with Crippen LogP contribution >= 0.6 is 0 Å². The Morgan fingerprint density at radius 2 is 1.52 bits per heavy atom. The maximum Gasteiger partial charge on any atom is 0.182 e. The van der Waals surface area contributed by atoms with E-state index >= 15 is 0 Å². The number of hydrogen-bond donors (Lipinski definition) is 3. The average molecular weight is 308 g/mol. The molecule has 0 unspecified atom stereocenters. The Balaban J connectivity index is 2.01. The molecular formula is C19H16O4. The minimum atomic E-state index is -0.343. The van der Waals surface area contributed by atoms with E-state index in [0.29, 0.717) is 5.56 Å². The van der Waals surface area contributed by atoms with Crippen molar-refractivity contribution in [3.63, 3.8) is 0 Å². The fourth-order valence-electron chi connectivity index (χ4n) is 1.81. The molecular weight excluding hydrogens is 292 g/mol. The van der Waals surface area contributed by atoms with Gasteiger partial charge in [-0.3, -0.25) is 4.79 Å². The summed E-state index contributed by atoms with van der Waals surface area (Å²) in [6.07, 6.45) is 6.97. The van der Waals surface area contributed by atoms with E-state index in [4.69, 9.17) is 0 Å². The molecule has 4 heteroatoms. The van der Waals surface area contributed by atoms with Crippen molar-refractivity contribution in [1.82, 2.24) is 0 Å². The predicted molar refractivity (Wildman–Crippen MR) is 90.0 cm³/mol. The predicted octanol–water partition coefficient (Wildman–Crippen LogP) is 3.84. The number of rotatable bonds is 5. The van der Waals surface area contributed by atoms with Gasteiger partial charge in [-0.1, -0.05) is 48.6 Å². The second kappa shape index (κ2) is 7.66. The molecule has 0 atom stereocenters. The Bertz CT molecular complexity index is 771. The highest BCUT2D eigenvalue weighted by atomic mass is 16.3. The third kappa shape index (κ3) is 5.21. The molecule has 2 aromatic rings. The molecule has 0 saturated carbocycles. The van der Waals surface area contributed by atoms with Gasteiger partial charge in [-0.05, 0) is 35.4 Å². The Hall–Kier alpha value is -3.27. The summed E-state index contributed by atoms with van der Waals surface area (Å²) in [6.45, 7) is 0. The van der Waals surface area contributed by atoms with Crippen molar-refractivity contribution in [2.75, 3.05) is 0 Å². The number of carbonyl (C=O) groups excluding carboxylic acids is 1. The van der Waals surface area contributed by atoms with Crippen molar-refractivity contribution >= 4 is 17.9 Å². The van der Waals surface area contributed by atoms with Crippen LogP contribution in [0.3, 0.4) is 0 Å². The van der Waals surface area contributed by atoms with Crippen LogP contribution in [-0.2, 0) is 4.79 Å². The number of aromatic hydroxyl groups is 2. The number of phenolic OH excluding ortho intramolecular Hbond substituents is 2. The molecule has 3 N–H and O–H groups in total. The van der Waals surface area contributed by atoms with Gasteiger partial charge in [0.1, 0.15) is 5.76 Å². The zero-order chi connectivity index (χ0) is 16.7. The summed E-state index contributed by atoms with van der Waals surface area (Å²) in [5, 5.41) is 28.3. The Kier molecular flexibility index (Phi) is 5.36. The molecule has 0 saturated heterocycles. The first-order valence-electron chi connectivity index (χ1n) is 6.92. The smallest absolute Gasteiger partial charge is 0.182 e. The number of benzene rings is 2. The first-order valence-corrected chi connectivity index (χ1v) is 6.92.